The Kier molecular flexibility index (Phi) is 6.08. The van der Waals surface area contributed by atoms with Crippen LogP contribution in [0.4, 0.5) is 5.69 Å². The molecule has 0 radical (unpaired) electrons. The topological polar surface area (TPSA) is 32.8 Å². The maximum Gasteiger partial charge on any atom is 0.253 e. The maximum absolute atomic E-state index is 13.0. The molecular weight excluding hydrogens is 408 g/mol. The smallest absolute Gasteiger partial charge is 0.253 e. The highest BCUT2D eigenvalue weighted by Crippen LogP contribution is 2.40. The third-order valence-electron chi connectivity index (χ3n) is 7.14. The van der Waals surface area contributed by atoms with Gasteiger partial charge in [0.2, 0.25) is 0 Å². The maximum atomic E-state index is 13.0. The van der Waals surface area contributed by atoms with Gasteiger partial charge in [0.05, 0.1) is 5.69 Å². The van der Waals surface area contributed by atoms with Crippen LogP contribution in [0, 0.1) is 6.92 Å². The minimum Gasteiger partial charge on any atom is -0.485 e. The van der Waals surface area contributed by atoms with E-state index in [2.05, 4.69) is 59.5 Å². The first-order valence-corrected chi connectivity index (χ1v) is 12.0. The normalized spacial score (nSPS) is 17.2. The van der Waals surface area contributed by atoms with E-state index in [4.69, 9.17) is 4.74 Å². The lowest BCUT2D eigenvalue weighted by Gasteiger charge is -2.41. The van der Waals surface area contributed by atoms with Gasteiger partial charge in [0, 0.05) is 51.0 Å². The van der Waals surface area contributed by atoms with Crippen LogP contribution >= 0.6 is 0 Å². The predicted molar refractivity (Wildman–Crippen MR) is 133 cm³/mol. The van der Waals surface area contributed by atoms with Gasteiger partial charge in [-0.15, -0.1) is 0 Å². The molecule has 0 atom stereocenters. The molecule has 0 unspecified atom stereocenters. The van der Waals surface area contributed by atoms with Crippen molar-refractivity contribution in [2.75, 3.05) is 31.1 Å². The molecule has 0 saturated carbocycles. The van der Waals surface area contributed by atoms with Crippen molar-refractivity contribution in [3.63, 3.8) is 0 Å². The van der Waals surface area contributed by atoms with Crippen LogP contribution in [0.2, 0.25) is 0 Å². The van der Waals surface area contributed by atoms with Gasteiger partial charge in [-0.3, -0.25) is 4.79 Å². The number of para-hydroxylation sites is 2. The molecule has 4 nitrogen and oxygen atoms in total. The molecule has 0 aromatic heterocycles. The van der Waals surface area contributed by atoms with E-state index in [1.165, 1.54) is 16.8 Å². The summed E-state index contributed by atoms with van der Waals surface area (Å²) >= 11 is 0. The fourth-order valence-corrected chi connectivity index (χ4v) is 5.04. The third kappa shape index (κ3) is 4.75. The SMILES string of the molecule is Cc1ccc(C(=O)N2CCC3(CC2)CCN(CCc2ccccc2)c2ccccc2O3)cc1. The minimum atomic E-state index is -0.207. The van der Waals surface area contributed by atoms with Gasteiger partial charge < -0.3 is 14.5 Å². The number of anilines is 1. The lowest BCUT2D eigenvalue weighted by atomic mass is 9.87. The average Bonchev–Trinajstić information content (AvgIpc) is 3.00. The summed E-state index contributed by atoms with van der Waals surface area (Å²) < 4.78 is 6.74. The summed E-state index contributed by atoms with van der Waals surface area (Å²) in [6, 6.07) is 27.0. The molecule has 2 aliphatic rings. The van der Waals surface area contributed by atoms with Gasteiger partial charge in [-0.25, -0.2) is 0 Å². The van der Waals surface area contributed by atoms with E-state index in [0.29, 0.717) is 0 Å². The lowest BCUT2D eigenvalue weighted by molar-refractivity contribution is 0.00241. The summed E-state index contributed by atoms with van der Waals surface area (Å²) in [6.45, 7) is 5.45. The number of aryl methyl sites for hydroxylation is 1. The third-order valence-corrected chi connectivity index (χ3v) is 7.14. The zero-order valence-electron chi connectivity index (χ0n) is 19.4. The van der Waals surface area contributed by atoms with Crippen molar-refractivity contribution in [3.05, 3.63) is 95.6 Å². The average molecular weight is 441 g/mol. The van der Waals surface area contributed by atoms with E-state index >= 15 is 0 Å². The van der Waals surface area contributed by atoms with Crippen LogP contribution in [0.15, 0.2) is 78.9 Å². The van der Waals surface area contributed by atoms with Crippen molar-refractivity contribution in [3.8, 4) is 5.75 Å². The molecule has 2 heterocycles. The van der Waals surface area contributed by atoms with Crippen LogP contribution in [-0.2, 0) is 6.42 Å². The molecule has 4 heteroatoms. The van der Waals surface area contributed by atoms with Gasteiger partial charge in [-0.1, -0.05) is 60.2 Å². The molecule has 2 aliphatic heterocycles. The van der Waals surface area contributed by atoms with Gasteiger partial charge in [0.25, 0.3) is 5.91 Å². The van der Waals surface area contributed by atoms with Gasteiger partial charge in [0.15, 0.2) is 0 Å². The fraction of sp³-hybridized carbons (Fsp3) is 0.345. The molecule has 1 fully saturated rings. The van der Waals surface area contributed by atoms with Crippen LogP contribution in [0.25, 0.3) is 0 Å². The van der Waals surface area contributed by atoms with Gasteiger partial charge in [0.1, 0.15) is 11.4 Å². The Balaban J connectivity index is 1.28. The first-order valence-electron chi connectivity index (χ1n) is 12.0. The number of hydrogen-bond acceptors (Lipinski definition) is 3. The van der Waals surface area contributed by atoms with Crippen LogP contribution in [0.5, 0.6) is 5.75 Å². The summed E-state index contributed by atoms with van der Waals surface area (Å²) in [5.41, 5.74) is 4.28. The lowest BCUT2D eigenvalue weighted by Crippen LogP contribution is -2.50. The zero-order valence-corrected chi connectivity index (χ0v) is 19.4. The highest BCUT2D eigenvalue weighted by atomic mass is 16.5. The Morgan fingerprint density at radius 2 is 1.52 bits per heavy atom. The first kappa shape index (κ1) is 21.6. The number of rotatable bonds is 4. The van der Waals surface area contributed by atoms with Crippen LogP contribution in [0.1, 0.15) is 40.7 Å². The molecule has 3 aromatic carbocycles. The summed E-state index contributed by atoms with van der Waals surface area (Å²) in [7, 11) is 0. The van der Waals surface area contributed by atoms with E-state index in [9.17, 15) is 4.79 Å². The van der Waals surface area contributed by atoms with Gasteiger partial charge in [-0.2, -0.15) is 0 Å². The van der Waals surface area contributed by atoms with E-state index in [-0.39, 0.29) is 11.5 Å². The molecule has 3 aromatic rings. The number of carbonyl (C=O) groups excluding carboxylic acids is 1. The molecule has 5 rings (SSSR count). The van der Waals surface area contributed by atoms with Crippen molar-refractivity contribution >= 4 is 11.6 Å². The number of piperidine rings is 1. The summed E-state index contributed by atoms with van der Waals surface area (Å²) in [4.78, 5) is 17.5. The number of nitrogens with zero attached hydrogens (tertiary/aromatic N) is 2. The number of ether oxygens (including phenoxy) is 1. The van der Waals surface area contributed by atoms with Crippen LogP contribution in [0.3, 0.4) is 0 Å². The second-order valence-corrected chi connectivity index (χ2v) is 9.38. The highest BCUT2D eigenvalue weighted by molar-refractivity contribution is 5.94. The molecule has 33 heavy (non-hydrogen) atoms. The highest BCUT2D eigenvalue weighted by Gasteiger charge is 2.40. The Morgan fingerprint density at radius 1 is 0.848 bits per heavy atom. The Hall–Kier alpha value is -3.27. The largest absolute Gasteiger partial charge is 0.485 e. The van der Waals surface area contributed by atoms with E-state index in [1.54, 1.807) is 0 Å². The Morgan fingerprint density at radius 3 is 2.27 bits per heavy atom. The molecule has 1 spiro atoms. The molecule has 0 bridgehead atoms. The quantitative estimate of drug-likeness (QED) is 0.537. The second kappa shape index (κ2) is 9.30. The number of benzene rings is 3. The van der Waals surface area contributed by atoms with Gasteiger partial charge >= 0.3 is 0 Å². The van der Waals surface area contributed by atoms with Crippen molar-refractivity contribution in [2.45, 2.75) is 38.2 Å². The van der Waals surface area contributed by atoms with E-state index < -0.39 is 0 Å². The van der Waals surface area contributed by atoms with Crippen molar-refractivity contribution in [1.82, 2.24) is 4.90 Å². The van der Waals surface area contributed by atoms with Crippen molar-refractivity contribution in [2.24, 2.45) is 0 Å². The minimum absolute atomic E-state index is 0.128. The summed E-state index contributed by atoms with van der Waals surface area (Å²) in [5.74, 6) is 1.10. The second-order valence-electron chi connectivity index (χ2n) is 9.38. The van der Waals surface area contributed by atoms with Crippen molar-refractivity contribution in [1.29, 1.82) is 0 Å². The molecule has 1 amide bonds. The van der Waals surface area contributed by atoms with E-state index in [0.717, 1.165) is 63.2 Å². The molecule has 1 saturated heterocycles. The number of carbonyl (C=O) groups is 1. The van der Waals surface area contributed by atoms with Crippen LogP contribution < -0.4 is 9.64 Å². The number of fused-ring (bicyclic) bond motifs is 1. The van der Waals surface area contributed by atoms with E-state index in [1.807, 2.05) is 36.1 Å². The van der Waals surface area contributed by atoms with Crippen LogP contribution in [-0.4, -0.2) is 42.6 Å². The standard InChI is InChI=1S/C29H32N2O2/c1-23-11-13-25(14-12-23)28(32)31-21-17-29(18-22-31)16-20-30(19-15-24-7-3-2-4-8-24)26-9-5-6-10-27(26)33-29/h2-14H,15-22H2,1H3. The van der Waals surface area contributed by atoms with Crippen molar-refractivity contribution < 1.29 is 9.53 Å². The number of amides is 1. The summed E-state index contributed by atoms with van der Waals surface area (Å²) in [5, 5.41) is 0. The molecule has 0 N–H and O–H groups in total. The monoisotopic (exact) mass is 440 g/mol. The summed E-state index contributed by atoms with van der Waals surface area (Å²) in [6.07, 6.45) is 3.72. The van der Waals surface area contributed by atoms with Gasteiger partial charge in [-0.05, 0) is 43.2 Å². The zero-order chi connectivity index (χ0) is 22.7. The molecule has 170 valence electrons. The molecule has 0 aliphatic carbocycles. The molecular formula is C29H32N2O2. The first-order chi connectivity index (χ1) is 16.1. The fourth-order valence-electron chi connectivity index (χ4n) is 5.04. The Bertz CT molecular complexity index is 1090. The predicted octanol–water partition coefficient (Wildman–Crippen LogP) is 5.50. The Labute approximate surface area is 196 Å². The number of hydrogen-bond donors (Lipinski definition) is 0. The number of likely N-dealkylation sites (tertiary alicyclic amines) is 1.